The van der Waals surface area contributed by atoms with Gasteiger partial charge in [-0.05, 0) is 12.5 Å². The van der Waals surface area contributed by atoms with E-state index in [1.165, 1.54) is 17.1 Å². The summed E-state index contributed by atoms with van der Waals surface area (Å²) in [4.78, 5) is 9.30. The molecule has 0 amide bonds. The molecule has 0 radical (unpaired) electrons. The fraction of sp³-hybridized carbons (Fsp3) is 0.429. The predicted molar refractivity (Wildman–Crippen MR) is 78.6 cm³/mol. The first-order chi connectivity index (χ1) is 9.31. The Morgan fingerprint density at radius 1 is 1.11 bits per heavy atom. The Morgan fingerprint density at radius 2 is 1.84 bits per heavy atom. The van der Waals surface area contributed by atoms with Gasteiger partial charge in [0.15, 0.2) is 0 Å². The van der Waals surface area contributed by atoms with Crippen LogP contribution in [0.2, 0.25) is 0 Å². The Labute approximate surface area is 117 Å². The molecule has 1 fully saturated rings. The van der Waals surface area contributed by atoms with Crippen molar-refractivity contribution >= 4 is 16.7 Å². The van der Waals surface area contributed by atoms with Crippen molar-refractivity contribution in [2.45, 2.75) is 13.5 Å². The number of hydrogen-bond acceptors (Lipinski definition) is 5. The third kappa shape index (κ3) is 3.11. The summed E-state index contributed by atoms with van der Waals surface area (Å²) in [6.07, 6.45) is 0. The molecule has 1 aliphatic heterocycles. The molecule has 0 saturated carbocycles. The summed E-state index contributed by atoms with van der Waals surface area (Å²) in [5, 5.41) is 1.07. The van der Waals surface area contributed by atoms with E-state index in [2.05, 4.69) is 49.5 Å². The van der Waals surface area contributed by atoms with Crippen molar-refractivity contribution in [2.75, 3.05) is 31.1 Å². The van der Waals surface area contributed by atoms with Crippen LogP contribution in [0, 0.1) is 6.92 Å². The van der Waals surface area contributed by atoms with Gasteiger partial charge < -0.3 is 4.90 Å². The van der Waals surface area contributed by atoms with E-state index in [1.54, 1.807) is 0 Å². The van der Waals surface area contributed by atoms with Crippen molar-refractivity contribution < 1.29 is 0 Å². The van der Waals surface area contributed by atoms with Crippen molar-refractivity contribution in [1.29, 1.82) is 0 Å². The molecule has 4 nitrogen and oxygen atoms in total. The normalized spacial score (nSPS) is 16.8. The molecule has 0 unspecified atom stereocenters. The number of aryl methyl sites for hydroxylation is 1. The minimum atomic E-state index is 0.881. The molecule has 0 spiro atoms. The summed E-state index contributed by atoms with van der Waals surface area (Å²) in [7, 11) is 0. The number of anilines is 1. The van der Waals surface area contributed by atoms with E-state index in [0.29, 0.717) is 0 Å². The molecule has 1 aliphatic rings. The molecule has 100 valence electrons. The van der Waals surface area contributed by atoms with Crippen LogP contribution in [0.5, 0.6) is 0 Å². The van der Waals surface area contributed by atoms with Gasteiger partial charge >= 0.3 is 0 Å². The van der Waals surface area contributed by atoms with Crippen molar-refractivity contribution in [1.82, 2.24) is 14.3 Å². The van der Waals surface area contributed by atoms with E-state index in [-0.39, 0.29) is 0 Å². The van der Waals surface area contributed by atoms with Crippen LogP contribution in [0.4, 0.5) is 5.13 Å². The van der Waals surface area contributed by atoms with E-state index in [4.69, 9.17) is 0 Å². The molecular formula is C14H18N4S. The van der Waals surface area contributed by atoms with E-state index in [0.717, 1.165) is 43.7 Å². The lowest BCUT2D eigenvalue weighted by molar-refractivity contribution is 0.250. The van der Waals surface area contributed by atoms with Gasteiger partial charge in [-0.15, -0.1) is 0 Å². The minimum absolute atomic E-state index is 0.881. The van der Waals surface area contributed by atoms with E-state index < -0.39 is 0 Å². The van der Waals surface area contributed by atoms with Gasteiger partial charge in [-0.2, -0.15) is 4.37 Å². The van der Waals surface area contributed by atoms with Crippen molar-refractivity contribution in [2.24, 2.45) is 0 Å². The second-order valence-electron chi connectivity index (χ2n) is 4.87. The van der Waals surface area contributed by atoms with Gasteiger partial charge in [-0.1, -0.05) is 30.3 Å². The number of benzene rings is 1. The quantitative estimate of drug-likeness (QED) is 0.858. The molecule has 1 saturated heterocycles. The zero-order chi connectivity index (χ0) is 13.1. The highest BCUT2D eigenvalue weighted by Crippen LogP contribution is 2.19. The number of piperazine rings is 1. The SMILES string of the molecule is Cc1nsc(N2CCN(Cc3ccccc3)CC2)n1. The average Bonchev–Trinajstić information content (AvgIpc) is 2.87. The van der Waals surface area contributed by atoms with E-state index in [1.807, 2.05) is 6.92 Å². The van der Waals surface area contributed by atoms with Crippen LogP contribution in [0.25, 0.3) is 0 Å². The Bertz CT molecular complexity index is 517. The fourth-order valence-corrected chi connectivity index (χ4v) is 3.08. The molecular weight excluding hydrogens is 256 g/mol. The lowest BCUT2D eigenvalue weighted by Gasteiger charge is -2.34. The molecule has 19 heavy (non-hydrogen) atoms. The van der Waals surface area contributed by atoms with Gasteiger partial charge in [-0.25, -0.2) is 4.98 Å². The van der Waals surface area contributed by atoms with Crippen molar-refractivity contribution in [3.05, 3.63) is 41.7 Å². The molecule has 1 aromatic heterocycles. The second kappa shape index (κ2) is 5.67. The van der Waals surface area contributed by atoms with Gasteiger partial charge in [0.25, 0.3) is 0 Å². The van der Waals surface area contributed by atoms with Crippen LogP contribution in [-0.4, -0.2) is 40.4 Å². The van der Waals surface area contributed by atoms with Crippen LogP contribution in [-0.2, 0) is 6.54 Å². The highest BCUT2D eigenvalue weighted by molar-refractivity contribution is 7.09. The monoisotopic (exact) mass is 274 g/mol. The van der Waals surface area contributed by atoms with Crippen LogP contribution >= 0.6 is 11.5 Å². The maximum absolute atomic E-state index is 4.46. The number of hydrogen-bond donors (Lipinski definition) is 0. The summed E-state index contributed by atoms with van der Waals surface area (Å²) in [6, 6.07) is 10.7. The highest BCUT2D eigenvalue weighted by Gasteiger charge is 2.19. The molecule has 3 rings (SSSR count). The molecule has 5 heteroatoms. The highest BCUT2D eigenvalue weighted by atomic mass is 32.1. The van der Waals surface area contributed by atoms with E-state index >= 15 is 0 Å². The number of rotatable bonds is 3. The first-order valence-electron chi connectivity index (χ1n) is 6.63. The third-order valence-corrected chi connectivity index (χ3v) is 4.28. The molecule has 0 aliphatic carbocycles. The topological polar surface area (TPSA) is 32.3 Å². The Kier molecular flexibility index (Phi) is 3.75. The van der Waals surface area contributed by atoms with Crippen molar-refractivity contribution in [3.8, 4) is 0 Å². The largest absolute Gasteiger partial charge is 0.344 e. The predicted octanol–water partition coefficient (Wildman–Crippen LogP) is 2.17. The van der Waals surface area contributed by atoms with Gasteiger partial charge in [-0.3, -0.25) is 4.90 Å². The van der Waals surface area contributed by atoms with Crippen LogP contribution in [0.1, 0.15) is 11.4 Å². The molecule has 1 aromatic carbocycles. The molecule has 2 heterocycles. The molecule has 2 aromatic rings. The molecule has 0 N–H and O–H groups in total. The Hall–Kier alpha value is -1.46. The van der Waals surface area contributed by atoms with Crippen LogP contribution in [0.3, 0.4) is 0 Å². The number of aromatic nitrogens is 2. The lowest BCUT2D eigenvalue weighted by atomic mass is 10.2. The average molecular weight is 274 g/mol. The summed E-state index contributed by atoms with van der Waals surface area (Å²) in [5.41, 5.74) is 1.39. The maximum Gasteiger partial charge on any atom is 0.205 e. The smallest absolute Gasteiger partial charge is 0.205 e. The van der Waals surface area contributed by atoms with Gasteiger partial charge in [0.2, 0.25) is 5.13 Å². The lowest BCUT2D eigenvalue weighted by Crippen LogP contribution is -2.45. The molecule has 0 atom stereocenters. The maximum atomic E-state index is 4.46. The standard InChI is InChI=1S/C14H18N4S/c1-12-15-14(19-16-12)18-9-7-17(8-10-18)11-13-5-3-2-4-6-13/h2-6H,7-11H2,1H3. The van der Waals surface area contributed by atoms with Crippen LogP contribution < -0.4 is 4.90 Å². The zero-order valence-electron chi connectivity index (χ0n) is 11.1. The Morgan fingerprint density at radius 3 is 2.47 bits per heavy atom. The summed E-state index contributed by atoms with van der Waals surface area (Å²) in [5.74, 6) is 0.881. The first-order valence-corrected chi connectivity index (χ1v) is 7.40. The zero-order valence-corrected chi connectivity index (χ0v) is 11.9. The Balaban J connectivity index is 1.55. The van der Waals surface area contributed by atoms with Crippen LogP contribution in [0.15, 0.2) is 30.3 Å². The third-order valence-electron chi connectivity index (χ3n) is 3.41. The van der Waals surface area contributed by atoms with Gasteiger partial charge in [0.05, 0.1) is 0 Å². The molecule has 0 bridgehead atoms. The minimum Gasteiger partial charge on any atom is -0.344 e. The second-order valence-corrected chi connectivity index (χ2v) is 5.60. The van der Waals surface area contributed by atoms with Gasteiger partial charge in [0.1, 0.15) is 5.82 Å². The van der Waals surface area contributed by atoms with E-state index in [9.17, 15) is 0 Å². The number of nitrogens with zero attached hydrogens (tertiary/aromatic N) is 4. The first kappa shape index (κ1) is 12.6. The summed E-state index contributed by atoms with van der Waals surface area (Å²) >= 11 is 1.51. The summed E-state index contributed by atoms with van der Waals surface area (Å²) in [6.45, 7) is 7.26. The van der Waals surface area contributed by atoms with Gasteiger partial charge in [0, 0.05) is 44.3 Å². The fourth-order valence-electron chi connectivity index (χ4n) is 2.35. The summed E-state index contributed by atoms with van der Waals surface area (Å²) < 4.78 is 4.25. The van der Waals surface area contributed by atoms with Crippen molar-refractivity contribution in [3.63, 3.8) is 0 Å².